The summed E-state index contributed by atoms with van der Waals surface area (Å²) in [6, 6.07) is 5.50. The van der Waals surface area contributed by atoms with Gasteiger partial charge in [0, 0.05) is 18.7 Å². The summed E-state index contributed by atoms with van der Waals surface area (Å²) in [5.74, 6) is 0.513. The quantitative estimate of drug-likeness (QED) is 0.852. The predicted octanol–water partition coefficient (Wildman–Crippen LogP) is 2.04. The van der Waals surface area contributed by atoms with Crippen molar-refractivity contribution in [3.05, 3.63) is 41.0 Å². The van der Waals surface area contributed by atoms with Crippen molar-refractivity contribution in [3.8, 4) is 6.07 Å². The van der Waals surface area contributed by atoms with E-state index in [2.05, 4.69) is 21.4 Å². The maximum atomic E-state index is 12.9. The number of amides is 1. The predicted molar refractivity (Wildman–Crippen MR) is 89.7 cm³/mol. The minimum atomic E-state index is -0.0716. The van der Waals surface area contributed by atoms with Crippen molar-refractivity contribution in [2.75, 3.05) is 6.54 Å². The minimum absolute atomic E-state index is 0.0716. The van der Waals surface area contributed by atoms with Gasteiger partial charge in [-0.05, 0) is 44.7 Å². The van der Waals surface area contributed by atoms with Crippen LogP contribution in [0, 0.1) is 18.3 Å². The first-order chi connectivity index (χ1) is 12.2. The summed E-state index contributed by atoms with van der Waals surface area (Å²) >= 11 is 0. The highest BCUT2D eigenvalue weighted by atomic mass is 16.2. The lowest BCUT2D eigenvalue weighted by molar-refractivity contribution is 0.0715. The SMILES string of the molecule is Cc1nc(C(=O)N2CCC[C@H]2Cn2cc(C3CC3)nn2)ccc1C#N. The summed E-state index contributed by atoms with van der Waals surface area (Å²) < 4.78 is 1.86. The first-order valence-electron chi connectivity index (χ1n) is 8.74. The molecule has 1 atom stereocenters. The molecule has 2 fully saturated rings. The van der Waals surface area contributed by atoms with Crippen LogP contribution in [0.4, 0.5) is 0 Å². The fourth-order valence-electron chi connectivity index (χ4n) is 3.42. The van der Waals surface area contributed by atoms with E-state index in [1.165, 1.54) is 12.8 Å². The zero-order valence-electron chi connectivity index (χ0n) is 14.2. The van der Waals surface area contributed by atoms with Gasteiger partial charge < -0.3 is 4.90 Å². The fraction of sp³-hybridized carbons (Fsp3) is 0.500. The van der Waals surface area contributed by atoms with Gasteiger partial charge in [0.2, 0.25) is 0 Å². The minimum Gasteiger partial charge on any atom is -0.332 e. The Balaban J connectivity index is 1.49. The van der Waals surface area contributed by atoms with Crippen LogP contribution in [0.25, 0.3) is 0 Å². The first kappa shape index (κ1) is 15.8. The summed E-state index contributed by atoms with van der Waals surface area (Å²) in [5.41, 5.74) is 2.57. The second-order valence-electron chi connectivity index (χ2n) is 6.88. The number of nitrogens with zero attached hydrogens (tertiary/aromatic N) is 6. The van der Waals surface area contributed by atoms with Gasteiger partial charge in [0.1, 0.15) is 11.8 Å². The Labute approximate surface area is 146 Å². The molecule has 0 N–H and O–H groups in total. The maximum absolute atomic E-state index is 12.9. The topological polar surface area (TPSA) is 87.7 Å². The van der Waals surface area contributed by atoms with Gasteiger partial charge in [-0.1, -0.05) is 5.21 Å². The maximum Gasteiger partial charge on any atom is 0.272 e. The van der Waals surface area contributed by atoms with E-state index in [9.17, 15) is 4.79 Å². The van der Waals surface area contributed by atoms with Crippen LogP contribution in [0.5, 0.6) is 0 Å². The average Bonchev–Trinajstić information content (AvgIpc) is 3.19. The Hall–Kier alpha value is -2.75. The van der Waals surface area contributed by atoms with Gasteiger partial charge in [-0.25, -0.2) is 4.98 Å². The molecule has 0 spiro atoms. The van der Waals surface area contributed by atoms with Crippen LogP contribution < -0.4 is 0 Å². The van der Waals surface area contributed by atoms with Crippen molar-refractivity contribution >= 4 is 5.91 Å². The molecule has 7 heteroatoms. The fourth-order valence-corrected chi connectivity index (χ4v) is 3.42. The lowest BCUT2D eigenvalue weighted by Gasteiger charge is -2.24. The Morgan fingerprint density at radius 2 is 2.20 bits per heavy atom. The summed E-state index contributed by atoms with van der Waals surface area (Å²) in [6.07, 6.45) is 6.37. The van der Waals surface area contributed by atoms with E-state index in [4.69, 9.17) is 5.26 Å². The number of likely N-dealkylation sites (tertiary alicyclic amines) is 1. The molecule has 128 valence electrons. The van der Waals surface area contributed by atoms with Gasteiger partial charge in [-0.3, -0.25) is 9.48 Å². The molecule has 7 nitrogen and oxygen atoms in total. The molecule has 2 aromatic rings. The summed E-state index contributed by atoms with van der Waals surface area (Å²) in [5, 5.41) is 17.5. The van der Waals surface area contributed by atoms with Gasteiger partial charge in [-0.15, -0.1) is 5.10 Å². The molecule has 3 heterocycles. The third kappa shape index (κ3) is 3.12. The molecule has 1 saturated heterocycles. The molecule has 2 aromatic heterocycles. The molecule has 2 aliphatic rings. The number of carbonyl (C=O) groups is 1. The van der Waals surface area contributed by atoms with E-state index in [0.29, 0.717) is 29.4 Å². The van der Waals surface area contributed by atoms with E-state index in [1.807, 2.05) is 15.8 Å². The number of carbonyl (C=O) groups excluding carboxylic acids is 1. The number of hydrogen-bond donors (Lipinski definition) is 0. The van der Waals surface area contributed by atoms with E-state index in [1.54, 1.807) is 19.1 Å². The van der Waals surface area contributed by atoms with Gasteiger partial charge >= 0.3 is 0 Å². The molecule has 1 aliphatic heterocycles. The van der Waals surface area contributed by atoms with Crippen molar-refractivity contribution in [3.63, 3.8) is 0 Å². The molecule has 4 rings (SSSR count). The number of rotatable bonds is 4. The zero-order valence-corrected chi connectivity index (χ0v) is 14.2. The largest absolute Gasteiger partial charge is 0.332 e. The zero-order chi connectivity index (χ0) is 17.4. The van der Waals surface area contributed by atoms with Crippen molar-refractivity contribution in [2.45, 2.75) is 51.1 Å². The van der Waals surface area contributed by atoms with Crippen LogP contribution in [0.1, 0.15) is 59.0 Å². The van der Waals surface area contributed by atoms with Crippen LogP contribution >= 0.6 is 0 Å². The van der Waals surface area contributed by atoms with E-state index in [-0.39, 0.29) is 11.9 Å². The number of aryl methyl sites for hydroxylation is 1. The second kappa shape index (κ2) is 6.28. The Bertz CT molecular complexity index is 847. The average molecular weight is 336 g/mol. The highest BCUT2D eigenvalue weighted by Crippen LogP contribution is 2.38. The van der Waals surface area contributed by atoms with Gasteiger partial charge in [0.15, 0.2) is 0 Å². The van der Waals surface area contributed by atoms with Gasteiger partial charge in [0.25, 0.3) is 5.91 Å². The van der Waals surface area contributed by atoms with Crippen LogP contribution in [-0.4, -0.2) is 43.4 Å². The number of nitriles is 1. The number of pyridine rings is 1. The van der Waals surface area contributed by atoms with Crippen LogP contribution in [0.2, 0.25) is 0 Å². The molecule has 1 aliphatic carbocycles. The standard InChI is InChI=1S/C18H20N6O/c1-12-14(9-19)6-7-16(20-12)18(25)24-8-2-3-15(24)10-23-11-17(21-22-23)13-4-5-13/h6-7,11,13,15H,2-5,8,10H2,1H3/t15-/m0/s1. The molecule has 1 amide bonds. The van der Waals surface area contributed by atoms with Crippen LogP contribution in [0.3, 0.4) is 0 Å². The Morgan fingerprint density at radius 3 is 2.92 bits per heavy atom. The lowest BCUT2D eigenvalue weighted by Crippen LogP contribution is -2.38. The second-order valence-corrected chi connectivity index (χ2v) is 6.88. The van der Waals surface area contributed by atoms with Crippen molar-refractivity contribution in [2.24, 2.45) is 0 Å². The lowest BCUT2D eigenvalue weighted by atomic mass is 10.2. The summed E-state index contributed by atoms with van der Waals surface area (Å²) in [7, 11) is 0. The molecule has 0 unspecified atom stereocenters. The summed E-state index contributed by atoms with van der Waals surface area (Å²) in [6.45, 7) is 3.15. The van der Waals surface area contributed by atoms with Crippen LogP contribution in [0.15, 0.2) is 18.3 Å². The van der Waals surface area contributed by atoms with Gasteiger partial charge in [-0.2, -0.15) is 5.26 Å². The van der Waals surface area contributed by atoms with Crippen molar-refractivity contribution in [1.29, 1.82) is 5.26 Å². The normalized spacial score (nSPS) is 19.8. The Morgan fingerprint density at radius 1 is 1.36 bits per heavy atom. The van der Waals surface area contributed by atoms with E-state index >= 15 is 0 Å². The molecular weight excluding hydrogens is 316 g/mol. The smallest absolute Gasteiger partial charge is 0.272 e. The molecule has 0 aromatic carbocycles. The van der Waals surface area contributed by atoms with Crippen LogP contribution in [-0.2, 0) is 6.54 Å². The third-order valence-electron chi connectivity index (χ3n) is 5.01. The van der Waals surface area contributed by atoms with Gasteiger partial charge in [0.05, 0.1) is 29.5 Å². The van der Waals surface area contributed by atoms with E-state index < -0.39 is 0 Å². The molecule has 0 bridgehead atoms. The monoisotopic (exact) mass is 336 g/mol. The summed E-state index contributed by atoms with van der Waals surface area (Å²) in [4.78, 5) is 19.1. The highest BCUT2D eigenvalue weighted by molar-refractivity contribution is 5.92. The van der Waals surface area contributed by atoms with Crippen molar-refractivity contribution < 1.29 is 4.79 Å². The number of aromatic nitrogens is 4. The molecule has 0 radical (unpaired) electrons. The van der Waals surface area contributed by atoms with E-state index in [0.717, 1.165) is 25.1 Å². The highest BCUT2D eigenvalue weighted by Gasteiger charge is 2.32. The Kier molecular flexibility index (Phi) is 3.96. The third-order valence-corrected chi connectivity index (χ3v) is 5.01. The molecule has 25 heavy (non-hydrogen) atoms. The number of hydrogen-bond acceptors (Lipinski definition) is 5. The molecule has 1 saturated carbocycles. The first-order valence-corrected chi connectivity index (χ1v) is 8.74. The van der Waals surface area contributed by atoms with Crippen molar-refractivity contribution in [1.82, 2.24) is 24.9 Å². The molecular formula is C18H20N6O.